The van der Waals surface area contributed by atoms with Gasteiger partial charge in [0.1, 0.15) is 29.5 Å². The maximum Gasteiger partial charge on any atom is 0.338 e. The zero-order chi connectivity index (χ0) is 46.0. The first-order chi connectivity index (χ1) is 29.5. The summed E-state index contributed by atoms with van der Waals surface area (Å²) >= 11 is 6.31. The molecule has 3 aliphatic carbocycles. The Morgan fingerprint density at radius 3 is 2.05 bits per heavy atom. The fraction of sp³-hybridized carbons (Fsp3) is 0.447. The molecule has 334 valence electrons. The number of hydrogen-bond acceptors (Lipinski definition) is 14. The SMILES string of the molecule is CC(=O)O[C@@]12O[C@@H]3C[C@H](O)[C@@](C)(C1=O)[C@H]([C@H](OC(=O)c1ccccc1)[C@]1(O)C[C@H](OC(=O)[C@H](O)[C@@H](NC(=O)c4ccccc4)c4cccc(Cl)c4)C(C)=C2C1(C)C)[C@@]3(C)OC(C)=O. The monoisotopic (exact) mass is 887 g/mol. The van der Waals surface area contributed by atoms with E-state index in [-0.39, 0.29) is 39.3 Å². The van der Waals surface area contributed by atoms with Crippen LogP contribution in [-0.2, 0) is 42.9 Å². The molecular weight excluding hydrogens is 838 g/mol. The highest BCUT2D eigenvalue weighted by molar-refractivity contribution is 6.30. The quantitative estimate of drug-likeness (QED) is 0.123. The lowest BCUT2D eigenvalue weighted by Crippen LogP contribution is -2.76. The number of aliphatic hydroxyl groups is 3. The third kappa shape index (κ3) is 7.33. The van der Waals surface area contributed by atoms with Crippen LogP contribution in [0.5, 0.6) is 0 Å². The number of rotatable bonds is 10. The Morgan fingerprint density at radius 2 is 1.46 bits per heavy atom. The molecule has 63 heavy (non-hydrogen) atoms. The lowest BCUT2D eigenvalue weighted by molar-refractivity contribution is -0.266. The highest BCUT2D eigenvalue weighted by Crippen LogP contribution is 2.67. The first-order valence-electron chi connectivity index (χ1n) is 20.5. The molecule has 3 aromatic rings. The van der Waals surface area contributed by atoms with Crippen molar-refractivity contribution in [3.05, 3.63) is 118 Å². The first kappa shape index (κ1) is 45.6. The summed E-state index contributed by atoms with van der Waals surface area (Å²) in [5.74, 6) is -10.1. The van der Waals surface area contributed by atoms with E-state index < -0.39 is 112 Å². The van der Waals surface area contributed by atoms with Crippen molar-refractivity contribution in [2.24, 2.45) is 16.7 Å². The number of ketones is 1. The third-order valence-electron chi connectivity index (χ3n) is 13.6. The number of aliphatic hydroxyl groups excluding tert-OH is 2. The molecular formula is C47H50ClNO14. The average Bonchev–Trinajstić information content (AvgIpc) is 3.33. The van der Waals surface area contributed by atoms with Gasteiger partial charge in [0.2, 0.25) is 5.78 Å². The van der Waals surface area contributed by atoms with Gasteiger partial charge in [-0.15, -0.1) is 0 Å². The van der Waals surface area contributed by atoms with E-state index >= 15 is 4.79 Å². The van der Waals surface area contributed by atoms with Crippen molar-refractivity contribution in [1.82, 2.24) is 5.32 Å². The van der Waals surface area contributed by atoms with E-state index in [1.165, 1.54) is 71.0 Å². The standard InChI is InChI=1S/C47H50ClNO14/c1-24-31(59-41(56)35(53)34(29-19-14-20-30(48)21-29)49-39(54)27-15-10-8-11-16-27)23-46(58)38(60-40(55)28-17-12-9-13-18-28)37-44(6)32(52)22-33(45(37,7)61-25(2)50)63-47(42(44)57,62-26(3)51)36(24)43(46,4)5/h8-21,31-35,37-38,52-53,58H,22-23H2,1-7H3,(H,49,54)/t31-,32-,33+,34-,35+,37-,38-,44+,45-,46+,47-/m0/s1. The number of carbonyl (C=O) groups is 6. The molecule has 2 heterocycles. The molecule has 0 aromatic heterocycles. The van der Waals surface area contributed by atoms with Crippen molar-refractivity contribution < 1.29 is 67.8 Å². The van der Waals surface area contributed by atoms with Gasteiger partial charge in [-0.2, -0.15) is 0 Å². The summed E-state index contributed by atoms with van der Waals surface area (Å²) in [6.07, 6.45) is -9.53. The maximum atomic E-state index is 15.7. The molecule has 6 bridgehead atoms. The molecule has 1 amide bonds. The molecule has 0 radical (unpaired) electrons. The van der Waals surface area contributed by atoms with Gasteiger partial charge in [0.25, 0.3) is 11.7 Å². The van der Waals surface area contributed by atoms with Gasteiger partial charge in [-0.25, -0.2) is 9.59 Å². The van der Waals surface area contributed by atoms with Crippen molar-refractivity contribution in [2.75, 3.05) is 0 Å². The molecule has 4 fully saturated rings. The summed E-state index contributed by atoms with van der Waals surface area (Å²) in [4.78, 5) is 84.3. The topological polar surface area (TPSA) is 221 Å². The lowest BCUT2D eigenvalue weighted by Gasteiger charge is -2.62. The number of ether oxygens (including phenoxy) is 5. The molecule has 5 aliphatic rings. The minimum atomic E-state index is -2.76. The van der Waals surface area contributed by atoms with Gasteiger partial charge in [-0.05, 0) is 68.3 Å². The van der Waals surface area contributed by atoms with Crippen LogP contribution < -0.4 is 5.32 Å². The summed E-state index contributed by atoms with van der Waals surface area (Å²) in [6.45, 7) is 9.46. The van der Waals surface area contributed by atoms with Gasteiger partial charge < -0.3 is 44.3 Å². The van der Waals surface area contributed by atoms with E-state index in [0.29, 0.717) is 0 Å². The molecule has 4 N–H and O–H groups in total. The first-order valence-corrected chi connectivity index (χ1v) is 20.9. The molecule has 2 saturated carbocycles. The number of carbonyl (C=O) groups excluding carboxylic acids is 6. The molecule has 11 atom stereocenters. The van der Waals surface area contributed by atoms with E-state index in [0.717, 1.165) is 13.8 Å². The van der Waals surface area contributed by atoms with Gasteiger partial charge in [0.05, 0.1) is 29.0 Å². The number of halogens is 1. The lowest BCUT2D eigenvalue weighted by atomic mass is 9.46. The third-order valence-corrected chi connectivity index (χ3v) is 13.8. The summed E-state index contributed by atoms with van der Waals surface area (Å²) in [6, 6.07) is 20.5. The molecule has 0 spiro atoms. The Balaban J connectivity index is 1.42. The van der Waals surface area contributed by atoms with Crippen molar-refractivity contribution in [3.8, 4) is 0 Å². The highest BCUT2D eigenvalue weighted by atomic mass is 35.5. The molecule has 0 unspecified atom stereocenters. The predicted molar refractivity (Wildman–Crippen MR) is 222 cm³/mol. The van der Waals surface area contributed by atoms with Gasteiger partial charge in [-0.1, -0.05) is 74.0 Å². The Hall–Kier alpha value is -5.45. The van der Waals surface area contributed by atoms with Crippen LogP contribution in [0, 0.1) is 16.7 Å². The van der Waals surface area contributed by atoms with E-state index in [9.17, 15) is 39.3 Å². The van der Waals surface area contributed by atoms with Crippen LogP contribution >= 0.6 is 11.6 Å². The summed E-state index contributed by atoms with van der Waals surface area (Å²) in [5, 5.41) is 40.5. The van der Waals surface area contributed by atoms with E-state index in [1.54, 1.807) is 48.5 Å². The summed E-state index contributed by atoms with van der Waals surface area (Å²) in [5.41, 5.74) is -7.99. The number of Topliss-reactive ketones (excluding diaryl/α,β-unsaturated/α-hetero) is 1. The average molecular weight is 888 g/mol. The fourth-order valence-corrected chi connectivity index (χ4v) is 10.7. The van der Waals surface area contributed by atoms with Gasteiger partial charge in [-0.3, -0.25) is 19.2 Å². The molecule has 15 nitrogen and oxygen atoms in total. The van der Waals surface area contributed by atoms with Crippen LogP contribution in [0.2, 0.25) is 5.02 Å². The van der Waals surface area contributed by atoms with Crippen LogP contribution in [0.25, 0.3) is 0 Å². The second-order valence-corrected chi connectivity index (χ2v) is 18.1. The summed E-state index contributed by atoms with van der Waals surface area (Å²) < 4.78 is 31.3. The predicted octanol–water partition coefficient (Wildman–Crippen LogP) is 4.74. The van der Waals surface area contributed by atoms with Crippen LogP contribution in [0.1, 0.15) is 93.6 Å². The van der Waals surface area contributed by atoms with Crippen LogP contribution in [0.3, 0.4) is 0 Å². The number of nitrogens with one attached hydrogen (secondary N) is 1. The Labute approximate surface area is 368 Å². The number of fused-ring (bicyclic) bond motifs is 3. The normalized spacial score (nSPS) is 32.6. The van der Waals surface area contributed by atoms with Gasteiger partial charge in [0, 0.05) is 48.3 Å². The second-order valence-electron chi connectivity index (χ2n) is 17.7. The Morgan fingerprint density at radius 1 is 0.857 bits per heavy atom. The molecule has 2 aliphatic heterocycles. The van der Waals surface area contributed by atoms with Crippen molar-refractivity contribution in [2.45, 2.75) is 115 Å². The second kappa shape index (κ2) is 16.3. The van der Waals surface area contributed by atoms with E-state index in [4.69, 9.17) is 35.3 Å². The van der Waals surface area contributed by atoms with Crippen molar-refractivity contribution >= 4 is 47.2 Å². The Bertz CT molecular complexity index is 2390. The number of benzene rings is 3. The highest BCUT2D eigenvalue weighted by Gasteiger charge is 2.82. The van der Waals surface area contributed by atoms with Gasteiger partial charge in [0.15, 0.2) is 6.10 Å². The molecule has 8 rings (SSSR count). The van der Waals surface area contributed by atoms with Crippen LogP contribution in [0.4, 0.5) is 0 Å². The van der Waals surface area contributed by atoms with E-state index in [2.05, 4.69) is 5.32 Å². The smallest absolute Gasteiger partial charge is 0.338 e. The number of hydrogen-bond donors (Lipinski definition) is 4. The van der Waals surface area contributed by atoms with E-state index in [1.807, 2.05) is 0 Å². The van der Waals surface area contributed by atoms with Gasteiger partial charge >= 0.3 is 23.9 Å². The molecule has 16 heteroatoms. The number of amides is 1. The zero-order valence-corrected chi connectivity index (χ0v) is 36.5. The number of esters is 4. The fourth-order valence-electron chi connectivity index (χ4n) is 10.5. The summed E-state index contributed by atoms with van der Waals surface area (Å²) in [7, 11) is 0. The van der Waals surface area contributed by atoms with Crippen molar-refractivity contribution in [1.29, 1.82) is 0 Å². The minimum Gasteiger partial charge on any atom is -0.456 e. The zero-order valence-electron chi connectivity index (χ0n) is 35.7. The molecule has 3 aromatic carbocycles. The van der Waals surface area contributed by atoms with Crippen LogP contribution in [0.15, 0.2) is 96.1 Å². The minimum absolute atomic E-state index is 0.0487. The largest absolute Gasteiger partial charge is 0.456 e. The maximum absolute atomic E-state index is 15.7. The molecule has 2 saturated heterocycles. The van der Waals surface area contributed by atoms with Crippen molar-refractivity contribution in [3.63, 3.8) is 0 Å². The Kier molecular flexibility index (Phi) is 11.8. The van der Waals surface area contributed by atoms with Crippen LogP contribution in [-0.4, -0.2) is 98.4 Å².